The summed E-state index contributed by atoms with van der Waals surface area (Å²) in [5, 5.41) is 8.52. The molecule has 0 unspecified atom stereocenters. The Hall–Kier alpha value is 0.210. The fourth-order valence-corrected chi connectivity index (χ4v) is 0.789. The Bertz CT molecular complexity index is 67.3. The molecule has 50 valence electrons. The van der Waals surface area contributed by atoms with Gasteiger partial charge in [0.25, 0.3) is 0 Å². The van der Waals surface area contributed by atoms with E-state index in [2.05, 4.69) is 0 Å². The molecule has 0 aromatic heterocycles. The third-order valence-electron chi connectivity index (χ3n) is 1.66. The van der Waals surface area contributed by atoms with Crippen molar-refractivity contribution in [2.45, 2.75) is 24.8 Å². The van der Waals surface area contributed by atoms with E-state index in [1.807, 2.05) is 0 Å². The molecule has 1 saturated carbocycles. The molecule has 8 heavy (non-hydrogen) atoms. The molecule has 0 amide bonds. The first-order chi connectivity index (χ1) is 3.27. The summed E-state index contributed by atoms with van der Waals surface area (Å²) in [5.41, 5.74) is 5.37. The molecule has 0 radical (unpaired) electrons. The monoisotopic (exact) mass is 137 g/mol. The summed E-state index contributed by atoms with van der Waals surface area (Å²) in [4.78, 5) is 0. The summed E-state index contributed by atoms with van der Waals surface area (Å²) in [7, 11) is 0. The fraction of sp³-hybridized carbons (Fsp3) is 1.00. The van der Waals surface area contributed by atoms with Crippen molar-refractivity contribution in [1.29, 1.82) is 0 Å². The average Bonchev–Trinajstić information content (AvgIpc) is 1.61. The summed E-state index contributed by atoms with van der Waals surface area (Å²) < 4.78 is 0. The van der Waals surface area contributed by atoms with Crippen LogP contribution in [-0.4, -0.2) is 17.3 Å². The van der Waals surface area contributed by atoms with Gasteiger partial charge in [0.2, 0.25) is 0 Å². The number of halogens is 1. The van der Waals surface area contributed by atoms with E-state index in [-0.39, 0.29) is 24.6 Å². The van der Waals surface area contributed by atoms with E-state index in [0.29, 0.717) is 0 Å². The van der Waals surface area contributed by atoms with Crippen molar-refractivity contribution >= 4 is 12.4 Å². The van der Waals surface area contributed by atoms with Gasteiger partial charge in [-0.25, -0.2) is 0 Å². The highest BCUT2D eigenvalue weighted by Gasteiger charge is 2.30. The predicted molar refractivity (Wildman–Crippen MR) is 35.1 cm³/mol. The predicted octanol–water partition coefficient (Wildman–Crippen LogP) is 0.282. The standard InChI is InChI=1S/C5H11NO.ClH/c6-5(4-7)2-1-3-5;/h7H,1-4,6H2;1H. The van der Waals surface area contributed by atoms with Crippen LogP contribution in [0.3, 0.4) is 0 Å². The van der Waals surface area contributed by atoms with Crippen LogP contribution in [-0.2, 0) is 0 Å². The number of rotatable bonds is 1. The largest absolute Gasteiger partial charge is 0.394 e. The van der Waals surface area contributed by atoms with Gasteiger partial charge in [-0.05, 0) is 19.3 Å². The lowest BCUT2D eigenvalue weighted by atomic mass is 9.79. The van der Waals surface area contributed by atoms with Crippen molar-refractivity contribution < 1.29 is 5.11 Å². The SMILES string of the molecule is Cl.NC1(CO)CCC1. The number of hydrogen-bond donors (Lipinski definition) is 2. The van der Waals surface area contributed by atoms with Gasteiger partial charge >= 0.3 is 0 Å². The van der Waals surface area contributed by atoms with Gasteiger partial charge < -0.3 is 10.8 Å². The maximum absolute atomic E-state index is 8.52. The molecule has 0 spiro atoms. The van der Waals surface area contributed by atoms with E-state index >= 15 is 0 Å². The molecule has 1 aliphatic carbocycles. The highest BCUT2D eigenvalue weighted by molar-refractivity contribution is 5.85. The smallest absolute Gasteiger partial charge is 0.0611 e. The molecule has 0 aliphatic heterocycles. The summed E-state index contributed by atoms with van der Waals surface area (Å²) in [6.07, 6.45) is 3.20. The van der Waals surface area contributed by atoms with Crippen molar-refractivity contribution in [2.75, 3.05) is 6.61 Å². The lowest BCUT2D eigenvalue weighted by molar-refractivity contribution is 0.126. The molecule has 0 aromatic carbocycles. The molecule has 0 saturated heterocycles. The maximum Gasteiger partial charge on any atom is 0.0611 e. The second kappa shape index (κ2) is 2.67. The second-order valence-corrected chi connectivity index (χ2v) is 2.37. The van der Waals surface area contributed by atoms with Crippen LogP contribution in [0.15, 0.2) is 0 Å². The average molecular weight is 138 g/mol. The van der Waals surface area contributed by atoms with E-state index in [1.165, 1.54) is 6.42 Å². The molecule has 0 bridgehead atoms. The van der Waals surface area contributed by atoms with Crippen molar-refractivity contribution in [2.24, 2.45) is 5.73 Å². The number of hydrogen-bond acceptors (Lipinski definition) is 2. The lowest BCUT2D eigenvalue weighted by Crippen LogP contribution is -2.49. The molecular weight excluding hydrogens is 126 g/mol. The molecule has 1 rings (SSSR count). The first-order valence-corrected chi connectivity index (χ1v) is 2.67. The van der Waals surface area contributed by atoms with Gasteiger partial charge in [0.1, 0.15) is 0 Å². The maximum atomic E-state index is 8.52. The van der Waals surface area contributed by atoms with E-state index < -0.39 is 0 Å². The highest BCUT2D eigenvalue weighted by Crippen LogP contribution is 2.27. The normalized spacial score (nSPS) is 23.2. The van der Waals surface area contributed by atoms with Crippen LogP contribution in [0.2, 0.25) is 0 Å². The summed E-state index contributed by atoms with van der Waals surface area (Å²) in [5.74, 6) is 0. The Morgan fingerprint density at radius 3 is 2.00 bits per heavy atom. The zero-order valence-corrected chi connectivity index (χ0v) is 5.58. The van der Waals surface area contributed by atoms with Crippen LogP contribution in [0.1, 0.15) is 19.3 Å². The van der Waals surface area contributed by atoms with Gasteiger partial charge in [0, 0.05) is 5.54 Å². The third-order valence-corrected chi connectivity index (χ3v) is 1.66. The van der Waals surface area contributed by atoms with Crippen molar-refractivity contribution in [3.63, 3.8) is 0 Å². The number of aliphatic hydroxyl groups excluding tert-OH is 1. The molecule has 3 N–H and O–H groups in total. The van der Waals surface area contributed by atoms with Crippen LogP contribution in [0.5, 0.6) is 0 Å². The van der Waals surface area contributed by atoms with Crippen LogP contribution < -0.4 is 5.73 Å². The minimum absolute atomic E-state index is 0. The summed E-state index contributed by atoms with van der Waals surface area (Å²) in [6.45, 7) is 0.160. The van der Waals surface area contributed by atoms with Crippen LogP contribution in [0.25, 0.3) is 0 Å². The zero-order chi connectivity index (χ0) is 5.33. The third kappa shape index (κ3) is 1.34. The quantitative estimate of drug-likeness (QED) is 0.546. The second-order valence-electron chi connectivity index (χ2n) is 2.37. The van der Waals surface area contributed by atoms with Crippen molar-refractivity contribution in [1.82, 2.24) is 0 Å². The Morgan fingerprint density at radius 2 is 2.00 bits per heavy atom. The van der Waals surface area contributed by atoms with E-state index in [9.17, 15) is 0 Å². The Morgan fingerprint density at radius 1 is 1.50 bits per heavy atom. The minimum Gasteiger partial charge on any atom is -0.394 e. The molecule has 1 fully saturated rings. The van der Waals surface area contributed by atoms with Crippen LogP contribution in [0, 0.1) is 0 Å². The molecule has 0 aromatic rings. The number of aliphatic hydroxyl groups is 1. The van der Waals surface area contributed by atoms with E-state index in [4.69, 9.17) is 10.8 Å². The lowest BCUT2D eigenvalue weighted by Gasteiger charge is -2.35. The summed E-state index contributed by atoms with van der Waals surface area (Å²) >= 11 is 0. The van der Waals surface area contributed by atoms with Gasteiger partial charge in [-0.2, -0.15) is 0 Å². The van der Waals surface area contributed by atoms with Crippen LogP contribution in [0.4, 0.5) is 0 Å². The van der Waals surface area contributed by atoms with Crippen molar-refractivity contribution in [3.05, 3.63) is 0 Å². The van der Waals surface area contributed by atoms with Gasteiger partial charge in [0.05, 0.1) is 6.61 Å². The zero-order valence-electron chi connectivity index (χ0n) is 4.76. The number of nitrogens with two attached hydrogens (primary N) is 1. The molecule has 0 heterocycles. The molecule has 1 aliphatic rings. The van der Waals surface area contributed by atoms with Gasteiger partial charge in [-0.3, -0.25) is 0 Å². The highest BCUT2D eigenvalue weighted by atomic mass is 35.5. The Balaban J connectivity index is 0.000000490. The van der Waals surface area contributed by atoms with Gasteiger partial charge in [0.15, 0.2) is 0 Å². The minimum atomic E-state index is -0.181. The molecule has 3 heteroatoms. The topological polar surface area (TPSA) is 46.2 Å². The van der Waals surface area contributed by atoms with E-state index in [1.54, 1.807) is 0 Å². The van der Waals surface area contributed by atoms with Gasteiger partial charge in [-0.15, -0.1) is 12.4 Å². The molecule has 0 atom stereocenters. The first-order valence-electron chi connectivity index (χ1n) is 2.67. The molecule has 2 nitrogen and oxygen atoms in total. The van der Waals surface area contributed by atoms with Gasteiger partial charge in [-0.1, -0.05) is 0 Å². The summed E-state index contributed by atoms with van der Waals surface area (Å²) in [6, 6.07) is 0. The Labute approximate surface area is 55.5 Å². The van der Waals surface area contributed by atoms with Crippen molar-refractivity contribution in [3.8, 4) is 0 Å². The first kappa shape index (κ1) is 8.21. The fourth-order valence-electron chi connectivity index (χ4n) is 0.789. The van der Waals surface area contributed by atoms with E-state index in [0.717, 1.165) is 12.8 Å². The molecular formula is C5H12ClNO. The van der Waals surface area contributed by atoms with Crippen LogP contribution >= 0.6 is 12.4 Å². The Kier molecular flexibility index (Phi) is 2.74.